The summed E-state index contributed by atoms with van der Waals surface area (Å²) in [5.74, 6) is -0.407. The van der Waals surface area contributed by atoms with Gasteiger partial charge in [-0.05, 0) is 23.8 Å². The summed E-state index contributed by atoms with van der Waals surface area (Å²) < 4.78 is 18.8. The molecule has 2 N–H and O–H groups in total. The smallest absolute Gasteiger partial charge is 0.322 e. The number of aliphatic hydroxyl groups excluding tert-OH is 1. The van der Waals surface area contributed by atoms with Crippen LogP contribution in [0.1, 0.15) is 18.1 Å². The fraction of sp³-hybridized carbons (Fsp3) is 0.316. The molecule has 132 valence electrons. The maximum atomic E-state index is 13.3. The molecule has 0 unspecified atom stereocenters. The van der Waals surface area contributed by atoms with Gasteiger partial charge in [-0.1, -0.05) is 36.4 Å². The molecule has 2 amide bonds. The second-order valence-corrected chi connectivity index (χ2v) is 6.02. The first-order valence-electron chi connectivity index (χ1n) is 8.27. The number of carbonyl (C=O) groups excluding carboxylic acids is 1. The Labute approximate surface area is 146 Å². The van der Waals surface area contributed by atoms with Gasteiger partial charge in [-0.3, -0.25) is 0 Å². The van der Waals surface area contributed by atoms with E-state index in [9.17, 15) is 14.3 Å². The number of urea groups is 1. The van der Waals surface area contributed by atoms with Crippen molar-refractivity contribution in [3.05, 3.63) is 66.0 Å². The van der Waals surface area contributed by atoms with Gasteiger partial charge in [-0.25, -0.2) is 9.18 Å². The molecule has 1 saturated heterocycles. The highest BCUT2D eigenvalue weighted by Crippen LogP contribution is 2.23. The van der Waals surface area contributed by atoms with Crippen molar-refractivity contribution in [2.75, 3.05) is 25.1 Å². The van der Waals surface area contributed by atoms with Gasteiger partial charge in [0.2, 0.25) is 0 Å². The summed E-state index contributed by atoms with van der Waals surface area (Å²) >= 11 is 0. The standard InChI is InChI=1S/C19H21FN2O3/c20-15-7-4-8-16(11-15)21-19(24)22-9-10-25-13-17(22)12-18(23)14-5-2-1-3-6-14/h1-8,11,17-18,23H,9-10,12-13H2,(H,21,24)/t17-,18-/m1/s1. The van der Waals surface area contributed by atoms with Crippen molar-refractivity contribution in [1.82, 2.24) is 4.90 Å². The topological polar surface area (TPSA) is 61.8 Å². The Morgan fingerprint density at radius 2 is 2.08 bits per heavy atom. The minimum absolute atomic E-state index is 0.252. The number of nitrogens with zero attached hydrogens (tertiary/aromatic N) is 1. The van der Waals surface area contributed by atoms with E-state index in [0.29, 0.717) is 31.9 Å². The molecule has 0 bridgehead atoms. The molecule has 6 heteroatoms. The number of amides is 2. The predicted octanol–water partition coefficient (Wildman–Crippen LogP) is 3.18. The van der Waals surface area contributed by atoms with Crippen molar-refractivity contribution in [1.29, 1.82) is 0 Å². The molecule has 3 rings (SSSR count). The van der Waals surface area contributed by atoms with E-state index in [1.165, 1.54) is 12.1 Å². The Bertz CT molecular complexity index is 711. The summed E-state index contributed by atoms with van der Waals surface area (Å²) in [5, 5.41) is 13.1. The molecule has 5 nitrogen and oxygen atoms in total. The molecule has 0 saturated carbocycles. The lowest BCUT2D eigenvalue weighted by Crippen LogP contribution is -2.50. The molecule has 2 aromatic carbocycles. The molecule has 0 spiro atoms. The number of aliphatic hydroxyl groups is 1. The van der Waals surface area contributed by atoms with Crippen molar-refractivity contribution >= 4 is 11.7 Å². The molecule has 0 radical (unpaired) electrons. The SMILES string of the molecule is O=C(Nc1cccc(F)c1)N1CCOC[C@H]1C[C@@H](O)c1ccccc1. The highest BCUT2D eigenvalue weighted by atomic mass is 19.1. The van der Waals surface area contributed by atoms with E-state index in [2.05, 4.69) is 5.32 Å². The number of ether oxygens (including phenoxy) is 1. The predicted molar refractivity (Wildman–Crippen MR) is 92.8 cm³/mol. The van der Waals surface area contributed by atoms with Gasteiger partial charge in [0, 0.05) is 18.7 Å². The van der Waals surface area contributed by atoms with Crippen LogP contribution in [0.3, 0.4) is 0 Å². The van der Waals surface area contributed by atoms with E-state index in [1.807, 2.05) is 30.3 Å². The summed E-state index contributed by atoms with van der Waals surface area (Å²) in [7, 11) is 0. The number of hydrogen-bond acceptors (Lipinski definition) is 3. The van der Waals surface area contributed by atoms with E-state index in [4.69, 9.17) is 4.74 Å². The lowest BCUT2D eigenvalue weighted by atomic mass is 10.0. The Hall–Kier alpha value is -2.44. The molecule has 0 aliphatic carbocycles. The number of anilines is 1. The Morgan fingerprint density at radius 1 is 1.28 bits per heavy atom. The van der Waals surface area contributed by atoms with Gasteiger partial charge in [0.1, 0.15) is 5.82 Å². The van der Waals surface area contributed by atoms with Crippen LogP contribution in [-0.2, 0) is 4.74 Å². The molecule has 25 heavy (non-hydrogen) atoms. The van der Waals surface area contributed by atoms with Crippen LogP contribution >= 0.6 is 0 Å². The van der Waals surface area contributed by atoms with Crippen LogP contribution in [0, 0.1) is 5.82 Å². The first-order chi connectivity index (χ1) is 12.1. The number of halogens is 1. The number of hydrogen-bond donors (Lipinski definition) is 2. The molecule has 1 fully saturated rings. The van der Waals surface area contributed by atoms with Gasteiger partial charge in [0.25, 0.3) is 0 Å². The zero-order chi connectivity index (χ0) is 17.6. The number of rotatable bonds is 4. The molecule has 0 aromatic heterocycles. The highest BCUT2D eigenvalue weighted by molar-refractivity contribution is 5.89. The van der Waals surface area contributed by atoms with Gasteiger partial charge in [0.15, 0.2) is 0 Å². The third-order valence-electron chi connectivity index (χ3n) is 4.24. The lowest BCUT2D eigenvalue weighted by Gasteiger charge is -2.36. The van der Waals surface area contributed by atoms with E-state index < -0.39 is 11.9 Å². The molecular formula is C19H21FN2O3. The summed E-state index contributed by atoms with van der Waals surface area (Å²) in [6, 6.07) is 14.5. The lowest BCUT2D eigenvalue weighted by molar-refractivity contribution is -0.00427. The van der Waals surface area contributed by atoms with Crippen molar-refractivity contribution < 1.29 is 19.0 Å². The van der Waals surface area contributed by atoms with Crippen LogP contribution < -0.4 is 5.32 Å². The average Bonchev–Trinajstić information content (AvgIpc) is 2.63. The first-order valence-corrected chi connectivity index (χ1v) is 8.27. The minimum atomic E-state index is -0.683. The zero-order valence-electron chi connectivity index (χ0n) is 13.8. The summed E-state index contributed by atoms with van der Waals surface area (Å²) in [4.78, 5) is 14.2. The number of nitrogens with one attached hydrogen (secondary N) is 1. The minimum Gasteiger partial charge on any atom is -0.388 e. The maximum Gasteiger partial charge on any atom is 0.322 e. The van der Waals surface area contributed by atoms with Gasteiger partial charge in [-0.15, -0.1) is 0 Å². The summed E-state index contributed by atoms with van der Waals surface area (Å²) in [6.07, 6.45) is -0.307. The Morgan fingerprint density at radius 3 is 2.84 bits per heavy atom. The van der Waals surface area contributed by atoms with Crippen molar-refractivity contribution in [3.8, 4) is 0 Å². The largest absolute Gasteiger partial charge is 0.388 e. The second-order valence-electron chi connectivity index (χ2n) is 6.02. The second kappa shape index (κ2) is 8.09. The van der Waals surface area contributed by atoms with Crippen LogP contribution in [0.4, 0.5) is 14.9 Å². The van der Waals surface area contributed by atoms with Crippen LogP contribution in [0.2, 0.25) is 0 Å². The number of benzene rings is 2. The number of morpholine rings is 1. The quantitative estimate of drug-likeness (QED) is 0.895. The van der Waals surface area contributed by atoms with E-state index in [1.54, 1.807) is 17.0 Å². The summed E-state index contributed by atoms with van der Waals surface area (Å²) in [5.41, 5.74) is 1.21. The van der Waals surface area contributed by atoms with Crippen molar-refractivity contribution in [3.63, 3.8) is 0 Å². The third-order valence-corrected chi connectivity index (χ3v) is 4.24. The van der Waals surface area contributed by atoms with Crippen LogP contribution in [0.25, 0.3) is 0 Å². The summed E-state index contributed by atoms with van der Waals surface area (Å²) in [6.45, 7) is 1.22. The van der Waals surface area contributed by atoms with E-state index >= 15 is 0 Å². The molecule has 2 aromatic rings. The van der Waals surface area contributed by atoms with Gasteiger partial charge in [-0.2, -0.15) is 0 Å². The van der Waals surface area contributed by atoms with E-state index in [0.717, 1.165) is 5.56 Å². The molecule has 1 aliphatic rings. The van der Waals surface area contributed by atoms with Crippen molar-refractivity contribution in [2.24, 2.45) is 0 Å². The normalized spacial score (nSPS) is 18.6. The maximum absolute atomic E-state index is 13.3. The van der Waals surface area contributed by atoms with Crippen LogP contribution in [-0.4, -0.2) is 41.8 Å². The molecule has 1 aliphatic heterocycles. The van der Waals surface area contributed by atoms with Gasteiger partial charge in [0.05, 0.1) is 25.4 Å². The van der Waals surface area contributed by atoms with Gasteiger partial charge < -0.3 is 20.1 Å². The Balaban J connectivity index is 1.67. The third kappa shape index (κ3) is 4.55. The van der Waals surface area contributed by atoms with Gasteiger partial charge >= 0.3 is 6.03 Å². The van der Waals surface area contributed by atoms with Crippen LogP contribution in [0.15, 0.2) is 54.6 Å². The fourth-order valence-electron chi connectivity index (χ4n) is 2.95. The number of carbonyl (C=O) groups is 1. The average molecular weight is 344 g/mol. The highest BCUT2D eigenvalue weighted by Gasteiger charge is 2.29. The zero-order valence-corrected chi connectivity index (χ0v) is 13.8. The fourth-order valence-corrected chi connectivity index (χ4v) is 2.95. The monoisotopic (exact) mass is 344 g/mol. The molecule has 1 heterocycles. The Kier molecular flexibility index (Phi) is 5.63. The van der Waals surface area contributed by atoms with Crippen LogP contribution in [0.5, 0.6) is 0 Å². The molecular weight excluding hydrogens is 323 g/mol. The molecule has 2 atom stereocenters. The first kappa shape index (κ1) is 17.4. The van der Waals surface area contributed by atoms with E-state index in [-0.39, 0.29) is 12.1 Å². The van der Waals surface area contributed by atoms with Crippen molar-refractivity contribution in [2.45, 2.75) is 18.6 Å².